The lowest BCUT2D eigenvalue weighted by molar-refractivity contribution is 0.234. The van der Waals surface area contributed by atoms with Crippen LogP contribution in [0.15, 0.2) is 18.2 Å². The first kappa shape index (κ1) is 17.0. The second-order valence-corrected chi connectivity index (χ2v) is 6.76. The number of nitrogens with one attached hydrogen (secondary N) is 2. The number of hydrogen-bond acceptors (Lipinski definition) is 3. The summed E-state index contributed by atoms with van der Waals surface area (Å²) in [5.41, 5.74) is 1.38. The van der Waals surface area contributed by atoms with Crippen molar-refractivity contribution in [1.29, 1.82) is 0 Å². The van der Waals surface area contributed by atoms with Crippen molar-refractivity contribution in [3.8, 4) is 0 Å². The van der Waals surface area contributed by atoms with Crippen molar-refractivity contribution in [1.82, 2.24) is 5.32 Å². The number of anilines is 2. The second-order valence-electron chi connectivity index (χ2n) is 6.76. The number of rotatable bonds is 6. The highest BCUT2D eigenvalue weighted by Gasteiger charge is 2.32. The van der Waals surface area contributed by atoms with E-state index in [4.69, 9.17) is 5.11 Å². The lowest BCUT2D eigenvalue weighted by atomic mass is 10.1. The molecule has 0 radical (unpaired) electrons. The molecule has 1 aromatic carbocycles. The Labute approximate surface area is 142 Å². The van der Waals surface area contributed by atoms with Gasteiger partial charge in [-0.15, -0.1) is 0 Å². The summed E-state index contributed by atoms with van der Waals surface area (Å²) >= 11 is 0. The molecule has 2 fully saturated rings. The molecule has 1 aliphatic heterocycles. The van der Waals surface area contributed by atoms with Gasteiger partial charge in [-0.05, 0) is 62.6 Å². The molecule has 1 saturated carbocycles. The number of hydrogen-bond donors (Lipinski definition) is 3. The van der Waals surface area contributed by atoms with Crippen molar-refractivity contribution in [2.24, 2.45) is 5.92 Å². The molecule has 5 nitrogen and oxygen atoms in total. The average molecular weight is 335 g/mol. The third-order valence-electron chi connectivity index (χ3n) is 4.85. The maximum absolute atomic E-state index is 13.7. The lowest BCUT2D eigenvalue weighted by Crippen LogP contribution is -2.40. The molecule has 6 heteroatoms. The number of piperidine rings is 1. The Hall–Kier alpha value is -1.82. The zero-order valence-corrected chi connectivity index (χ0v) is 13.9. The van der Waals surface area contributed by atoms with E-state index in [2.05, 4.69) is 15.5 Å². The molecular formula is C18H26FN3O2. The van der Waals surface area contributed by atoms with E-state index in [0.29, 0.717) is 18.0 Å². The minimum Gasteiger partial charge on any atom is -0.396 e. The minimum atomic E-state index is -0.361. The molecule has 24 heavy (non-hydrogen) atoms. The predicted octanol–water partition coefficient (Wildman–Crippen LogP) is 3.10. The van der Waals surface area contributed by atoms with Gasteiger partial charge in [-0.2, -0.15) is 0 Å². The van der Waals surface area contributed by atoms with E-state index in [1.807, 2.05) is 0 Å². The molecule has 0 spiro atoms. The number of amides is 2. The van der Waals surface area contributed by atoms with Crippen LogP contribution in [-0.2, 0) is 0 Å². The Morgan fingerprint density at radius 3 is 2.71 bits per heavy atom. The first-order valence-electron chi connectivity index (χ1n) is 8.90. The SMILES string of the molecule is O=C(Nc1cc(F)ccc1N1CCCCC1)N[C@H](CCO)C1CC1. The lowest BCUT2D eigenvalue weighted by Gasteiger charge is -2.30. The summed E-state index contributed by atoms with van der Waals surface area (Å²) < 4.78 is 13.7. The Morgan fingerprint density at radius 1 is 1.29 bits per heavy atom. The van der Waals surface area contributed by atoms with E-state index in [1.165, 1.54) is 18.6 Å². The third-order valence-corrected chi connectivity index (χ3v) is 4.85. The zero-order chi connectivity index (χ0) is 16.9. The predicted molar refractivity (Wildman–Crippen MR) is 92.8 cm³/mol. The number of aliphatic hydroxyl groups excluding tert-OH is 1. The van der Waals surface area contributed by atoms with Crippen LogP contribution in [0.1, 0.15) is 38.5 Å². The van der Waals surface area contributed by atoms with Crippen LogP contribution in [0.4, 0.5) is 20.6 Å². The number of benzene rings is 1. The van der Waals surface area contributed by atoms with Crippen molar-refractivity contribution in [3.05, 3.63) is 24.0 Å². The molecule has 1 atom stereocenters. The van der Waals surface area contributed by atoms with Gasteiger partial charge in [0.1, 0.15) is 5.82 Å². The van der Waals surface area contributed by atoms with Crippen LogP contribution in [-0.4, -0.2) is 36.9 Å². The Kier molecular flexibility index (Phi) is 5.56. The number of nitrogens with zero attached hydrogens (tertiary/aromatic N) is 1. The molecule has 132 valence electrons. The second kappa shape index (κ2) is 7.83. The van der Waals surface area contributed by atoms with Gasteiger partial charge in [0.2, 0.25) is 0 Å². The van der Waals surface area contributed by atoms with E-state index in [0.717, 1.165) is 44.5 Å². The highest BCUT2D eigenvalue weighted by atomic mass is 19.1. The van der Waals surface area contributed by atoms with Crippen molar-refractivity contribution >= 4 is 17.4 Å². The number of carbonyl (C=O) groups is 1. The van der Waals surface area contributed by atoms with E-state index in [-0.39, 0.29) is 24.5 Å². The summed E-state index contributed by atoms with van der Waals surface area (Å²) in [5.74, 6) is 0.0946. The van der Waals surface area contributed by atoms with Crippen LogP contribution in [0.25, 0.3) is 0 Å². The van der Waals surface area contributed by atoms with E-state index >= 15 is 0 Å². The largest absolute Gasteiger partial charge is 0.396 e. The van der Waals surface area contributed by atoms with Gasteiger partial charge in [-0.3, -0.25) is 0 Å². The highest BCUT2D eigenvalue weighted by Crippen LogP contribution is 2.34. The van der Waals surface area contributed by atoms with Gasteiger partial charge in [0, 0.05) is 25.7 Å². The topological polar surface area (TPSA) is 64.6 Å². The zero-order valence-electron chi connectivity index (χ0n) is 13.9. The maximum atomic E-state index is 13.7. The normalized spacial score (nSPS) is 19.0. The molecule has 2 aliphatic rings. The Balaban J connectivity index is 1.68. The number of carbonyl (C=O) groups excluding carboxylic acids is 1. The Bertz CT molecular complexity index is 571. The van der Waals surface area contributed by atoms with Crippen LogP contribution in [0.5, 0.6) is 0 Å². The van der Waals surface area contributed by atoms with Crippen LogP contribution >= 0.6 is 0 Å². The molecule has 0 unspecified atom stereocenters. The fourth-order valence-electron chi connectivity index (χ4n) is 3.41. The molecule has 2 amide bonds. The summed E-state index contributed by atoms with van der Waals surface area (Å²) in [7, 11) is 0. The fourth-order valence-corrected chi connectivity index (χ4v) is 3.41. The molecule has 1 heterocycles. The molecule has 0 aromatic heterocycles. The quantitative estimate of drug-likeness (QED) is 0.748. The number of urea groups is 1. The Morgan fingerprint density at radius 2 is 2.04 bits per heavy atom. The molecule has 3 N–H and O–H groups in total. The summed E-state index contributed by atoms with van der Waals surface area (Å²) in [6, 6.07) is 4.21. The van der Waals surface area contributed by atoms with Gasteiger partial charge >= 0.3 is 6.03 Å². The van der Waals surface area contributed by atoms with Gasteiger partial charge in [0.05, 0.1) is 11.4 Å². The van der Waals surface area contributed by atoms with E-state index in [1.54, 1.807) is 6.07 Å². The standard InChI is InChI=1S/C18H26FN3O2/c19-14-6-7-17(22-9-2-1-3-10-22)16(12-14)21-18(24)20-15(8-11-23)13-4-5-13/h6-7,12-13,15,23H,1-5,8-11H2,(H2,20,21,24)/t15-/m1/s1. The van der Waals surface area contributed by atoms with E-state index < -0.39 is 0 Å². The summed E-state index contributed by atoms with van der Waals surface area (Å²) in [4.78, 5) is 14.5. The van der Waals surface area contributed by atoms with Crippen molar-refractivity contribution in [2.75, 3.05) is 29.9 Å². The molecule has 1 aromatic rings. The van der Waals surface area contributed by atoms with Gasteiger partial charge in [-0.1, -0.05) is 0 Å². The smallest absolute Gasteiger partial charge is 0.319 e. The minimum absolute atomic E-state index is 0.0120. The molecule has 1 saturated heterocycles. The highest BCUT2D eigenvalue weighted by molar-refractivity contribution is 5.93. The van der Waals surface area contributed by atoms with Crippen LogP contribution < -0.4 is 15.5 Å². The third kappa shape index (κ3) is 4.38. The summed E-state index contributed by atoms with van der Waals surface area (Å²) in [6.45, 7) is 1.91. The monoisotopic (exact) mass is 335 g/mol. The van der Waals surface area contributed by atoms with Crippen molar-refractivity contribution < 1.29 is 14.3 Å². The van der Waals surface area contributed by atoms with Crippen LogP contribution in [0, 0.1) is 11.7 Å². The van der Waals surface area contributed by atoms with Crippen LogP contribution in [0.2, 0.25) is 0 Å². The number of halogens is 1. The van der Waals surface area contributed by atoms with Crippen LogP contribution in [0.3, 0.4) is 0 Å². The summed E-state index contributed by atoms with van der Waals surface area (Å²) in [5, 5.41) is 14.9. The summed E-state index contributed by atoms with van der Waals surface area (Å²) in [6.07, 6.45) is 6.17. The fraction of sp³-hybridized carbons (Fsp3) is 0.611. The van der Waals surface area contributed by atoms with Crippen molar-refractivity contribution in [3.63, 3.8) is 0 Å². The van der Waals surface area contributed by atoms with Gasteiger partial charge in [0.15, 0.2) is 0 Å². The van der Waals surface area contributed by atoms with Gasteiger partial charge in [-0.25, -0.2) is 9.18 Å². The first-order valence-corrected chi connectivity index (χ1v) is 8.90. The van der Waals surface area contributed by atoms with Crippen molar-refractivity contribution in [2.45, 2.75) is 44.6 Å². The van der Waals surface area contributed by atoms with E-state index in [9.17, 15) is 9.18 Å². The molecular weight excluding hydrogens is 309 g/mol. The van der Waals surface area contributed by atoms with Gasteiger partial charge < -0.3 is 20.6 Å². The molecule has 3 rings (SSSR count). The number of aliphatic hydroxyl groups is 1. The average Bonchev–Trinajstić information content (AvgIpc) is 3.40. The molecule has 1 aliphatic carbocycles. The maximum Gasteiger partial charge on any atom is 0.319 e. The molecule has 0 bridgehead atoms. The first-order chi connectivity index (χ1) is 11.7. The van der Waals surface area contributed by atoms with Gasteiger partial charge in [0.25, 0.3) is 0 Å².